The lowest BCUT2D eigenvalue weighted by molar-refractivity contribution is -0.136. The fourth-order valence-electron chi connectivity index (χ4n) is 3.10. The van der Waals surface area contributed by atoms with Gasteiger partial charge in [0.05, 0.1) is 0 Å². The van der Waals surface area contributed by atoms with Gasteiger partial charge in [-0.05, 0) is 56.7 Å². The van der Waals surface area contributed by atoms with Crippen LogP contribution in [0.1, 0.15) is 45.1 Å². The Morgan fingerprint density at radius 1 is 1.31 bits per heavy atom. The lowest BCUT2D eigenvalue weighted by atomic mass is 10.0. The van der Waals surface area contributed by atoms with E-state index in [1.165, 1.54) is 6.92 Å². The number of unbranched alkanes of at least 4 members (excludes halogenated alkanes) is 1. The molecular formula is C20H27N3O3. The van der Waals surface area contributed by atoms with Crippen molar-refractivity contribution in [1.82, 2.24) is 5.32 Å². The maximum atomic E-state index is 12.1. The number of fused-ring (bicyclic) bond motifs is 1. The van der Waals surface area contributed by atoms with Crippen molar-refractivity contribution in [3.05, 3.63) is 36.4 Å². The van der Waals surface area contributed by atoms with Crippen molar-refractivity contribution >= 4 is 29.1 Å². The Kier molecular flexibility index (Phi) is 6.95. The molecule has 140 valence electrons. The molecule has 1 aromatic rings. The van der Waals surface area contributed by atoms with E-state index in [9.17, 15) is 14.4 Å². The van der Waals surface area contributed by atoms with E-state index in [2.05, 4.69) is 17.2 Å². The number of carbonyl (C=O) groups is 3. The first-order chi connectivity index (χ1) is 12.4. The molecule has 26 heavy (non-hydrogen) atoms. The van der Waals surface area contributed by atoms with Crippen LogP contribution >= 0.6 is 0 Å². The second-order valence-corrected chi connectivity index (χ2v) is 6.67. The Balaban J connectivity index is 1.98. The Morgan fingerprint density at radius 2 is 2.08 bits per heavy atom. The summed E-state index contributed by atoms with van der Waals surface area (Å²) in [5, 5.41) is 5.32. The highest BCUT2D eigenvalue weighted by molar-refractivity contribution is 6.39. The summed E-state index contributed by atoms with van der Waals surface area (Å²) in [7, 11) is 0. The third kappa shape index (κ3) is 5.18. The van der Waals surface area contributed by atoms with Crippen molar-refractivity contribution in [2.24, 2.45) is 0 Å². The Bertz CT molecular complexity index is 700. The molecule has 6 nitrogen and oxygen atoms in total. The van der Waals surface area contributed by atoms with E-state index in [1.54, 1.807) is 17.0 Å². The smallest absolute Gasteiger partial charge is 0.313 e. The molecule has 0 spiro atoms. The number of hydrogen-bond acceptors (Lipinski definition) is 3. The van der Waals surface area contributed by atoms with Gasteiger partial charge in [0.15, 0.2) is 0 Å². The van der Waals surface area contributed by atoms with Crippen molar-refractivity contribution in [3.8, 4) is 0 Å². The maximum Gasteiger partial charge on any atom is 0.313 e. The summed E-state index contributed by atoms with van der Waals surface area (Å²) in [6.07, 6.45) is 6.24. The fourth-order valence-corrected chi connectivity index (χ4v) is 3.10. The summed E-state index contributed by atoms with van der Waals surface area (Å²) in [6.45, 7) is 7.74. The minimum absolute atomic E-state index is 0.0273. The van der Waals surface area contributed by atoms with Gasteiger partial charge in [-0.15, -0.1) is 6.58 Å². The molecule has 1 aromatic carbocycles. The molecule has 2 N–H and O–H groups in total. The lowest BCUT2D eigenvalue weighted by Crippen LogP contribution is -2.40. The number of benzene rings is 1. The summed E-state index contributed by atoms with van der Waals surface area (Å²) in [4.78, 5) is 37.7. The molecule has 0 fully saturated rings. The van der Waals surface area contributed by atoms with Gasteiger partial charge in [0, 0.05) is 30.9 Å². The summed E-state index contributed by atoms with van der Waals surface area (Å²) < 4.78 is 0. The zero-order chi connectivity index (χ0) is 19.1. The van der Waals surface area contributed by atoms with Crippen LogP contribution in [0.2, 0.25) is 0 Å². The van der Waals surface area contributed by atoms with Crippen LogP contribution in [-0.2, 0) is 20.8 Å². The number of nitrogens with zero attached hydrogens (tertiary/aromatic N) is 1. The summed E-state index contributed by atoms with van der Waals surface area (Å²) >= 11 is 0. The summed E-state index contributed by atoms with van der Waals surface area (Å²) in [5.41, 5.74) is 2.39. The molecule has 0 saturated carbocycles. The fraction of sp³-hybridized carbons (Fsp3) is 0.450. The molecule has 6 heteroatoms. The van der Waals surface area contributed by atoms with Gasteiger partial charge in [-0.1, -0.05) is 12.1 Å². The van der Waals surface area contributed by atoms with Gasteiger partial charge in [-0.2, -0.15) is 0 Å². The maximum absolute atomic E-state index is 12.1. The van der Waals surface area contributed by atoms with Crippen LogP contribution in [0.5, 0.6) is 0 Å². The predicted molar refractivity (Wildman–Crippen MR) is 103 cm³/mol. The minimum atomic E-state index is -0.703. The first kappa shape index (κ1) is 19.7. The van der Waals surface area contributed by atoms with Crippen molar-refractivity contribution in [1.29, 1.82) is 0 Å². The van der Waals surface area contributed by atoms with Gasteiger partial charge in [0.2, 0.25) is 5.91 Å². The third-order valence-electron chi connectivity index (χ3n) is 4.47. The number of rotatable bonds is 6. The highest BCUT2D eigenvalue weighted by atomic mass is 16.2. The van der Waals surface area contributed by atoms with Gasteiger partial charge in [-0.25, -0.2) is 0 Å². The van der Waals surface area contributed by atoms with E-state index >= 15 is 0 Å². The molecule has 1 aliphatic rings. The topological polar surface area (TPSA) is 78.5 Å². The highest BCUT2D eigenvalue weighted by Crippen LogP contribution is 2.30. The average Bonchev–Trinajstić information content (AvgIpc) is 2.61. The van der Waals surface area contributed by atoms with Crippen LogP contribution in [0, 0.1) is 0 Å². The Morgan fingerprint density at radius 3 is 2.77 bits per heavy atom. The molecule has 1 atom stereocenters. The van der Waals surface area contributed by atoms with Crippen LogP contribution in [0.3, 0.4) is 0 Å². The summed E-state index contributed by atoms with van der Waals surface area (Å²) in [6, 6.07) is 5.34. The number of carbonyl (C=O) groups excluding carboxylic acids is 3. The van der Waals surface area contributed by atoms with Gasteiger partial charge in [0.25, 0.3) is 0 Å². The molecule has 0 bridgehead atoms. The van der Waals surface area contributed by atoms with Gasteiger partial charge < -0.3 is 15.5 Å². The number of allylic oxidation sites excluding steroid dienone is 1. The standard InChI is InChI=1S/C20H27N3O3/c1-4-5-6-8-14(2)21-19(25)20(26)22-17-11-10-16-9-7-12-23(15(3)24)18(16)13-17/h4,10-11,13-14H,1,5-9,12H2,2-3H3,(H,21,25)(H,22,26). The van der Waals surface area contributed by atoms with Crippen LogP contribution < -0.4 is 15.5 Å². The van der Waals surface area contributed by atoms with E-state index in [-0.39, 0.29) is 11.9 Å². The molecule has 1 unspecified atom stereocenters. The third-order valence-corrected chi connectivity index (χ3v) is 4.47. The van der Waals surface area contributed by atoms with Gasteiger partial charge in [-0.3, -0.25) is 14.4 Å². The molecule has 2 rings (SSSR count). The zero-order valence-electron chi connectivity index (χ0n) is 15.5. The molecular weight excluding hydrogens is 330 g/mol. The number of aryl methyl sites for hydroxylation is 1. The van der Waals surface area contributed by atoms with Crippen LogP contribution in [-0.4, -0.2) is 30.3 Å². The first-order valence-corrected chi connectivity index (χ1v) is 9.06. The van der Waals surface area contributed by atoms with Crippen molar-refractivity contribution in [3.63, 3.8) is 0 Å². The number of nitrogens with one attached hydrogen (secondary N) is 2. The first-order valence-electron chi connectivity index (χ1n) is 9.06. The van der Waals surface area contributed by atoms with Crippen LogP contribution in [0.4, 0.5) is 11.4 Å². The SMILES string of the molecule is C=CCCCC(C)NC(=O)C(=O)Nc1ccc2c(c1)N(C(C)=O)CCC2. The molecule has 1 heterocycles. The van der Waals surface area contributed by atoms with E-state index in [0.717, 1.165) is 43.4 Å². The highest BCUT2D eigenvalue weighted by Gasteiger charge is 2.21. The molecule has 3 amide bonds. The molecule has 0 aliphatic carbocycles. The van der Waals surface area contributed by atoms with Crippen molar-refractivity contribution in [2.45, 2.75) is 52.0 Å². The Labute approximate surface area is 154 Å². The second kappa shape index (κ2) is 9.17. The van der Waals surface area contributed by atoms with Crippen LogP contribution in [0.25, 0.3) is 0 Å². The number of amides is 3. The van der Waals surface area contributed by atoms with Crippen LogP contribution in [0.15, 0.2) is 30.9 Å². The zero-order valence-corrected chi connectivity index (χ0v) is 15.5. The summed E-state index contributed by atoms with van der Waals surface area (Å²) in [5.74, 6) is -1.39. The van der Waals surface area contributed by atoms with E-state index in [1.807, 2.05) is 19.1 Å². The molecule has 0 aromatic heterocycles. The number of hydrogen-bond donors (Lipinski definition) is 2. The normalized spacial score (nSPS) is 14.2. The van der Waals surface area contributed by atoms with E-state index in [4.69, 9.17) is 0 Å². The molecule has 0 saturated heterocycles. The quantitative estimate of drug-likeness (QED) is 0.467. The van der Waals surface area contributed by atoms with Crippen molar-refractivity contribution < 1.29 is 14.4 Å². The van der Waals surface area contributed by atoms with Crippen molar-refractivity contribution in [2.75, 3.05) is 16.8 Å². The van der Waals surface area contributed by atoms with E-state index in [0.29, 0.717) is 12.2 Å². The van der Waals surface area contributed by atoms with E-state index < -0.39 is 11.8 Å². The molecule has 1 aliphatic heterocycles. The average molecular weight is 357 g/mol. The number of anilines is 2. The Hall–Kier alpha value is -2.63. The second-order valence-electron chi connectivity index (χ2n) is 6.67. The largest absolute Gasteiger partial charge is 0.345 e. The van der Waals surface area contributed by atoms with Gasteiger partial charge in [0.1, 0.15) is 0 Å². The van der Waals surface area contributed by atoms with Gasteiger partial charge >= 0.3 is 11.8 Å². The monoisotopic (exact) mass is 357 g/mol. The predicted octanol–water partition coefficient (Wildman–Crippen LogP) is 2.79. The minimum Gasteiger partial charge on any atom is -0.345 e. The lowest BCUT2D eigenvalue weighted by Gasteiger charge is -2.29. The molecule has 0 radical (unpaired) electrons.